The van der Waals surface area contributed by atoms with Gasteiger partial charge < -0.3 is 4.98 Å². The van der Waals surface area contributed by atoms with Gasteiger partial charge in [-0.15, -0.1) is 0 Å². The number of para-hydroxylation sites is 3. The lowest BCUT2D eigenvalue weighted by molar-refractivity contribution is -0.113. The highest BCUT2D eigenvalue weighted by Gasteiger charge is 2.12. The van der Waals surface area contributed by atoms with Gasteiger partial charge in [-0.25, -0.2) is 9.97 Å². The predicted octanol–water partition coefficient (Wildman–Crippen LogP) is 3.79. The number of H-pyrrole nitrogens is 1. The summed E-state index contributed by atoms with van der Waals surface area (Å²) < 4.78 is 1.99. The monoisotopic (exact) mass is 363 g/mol. The lowest BCUT2D eigenvalue weighted by Gasteiger charge is -2.10. The quantitative estimate of drug-likeness (QED) is 0.529. The summed E-state index contributed by atoms with van der Waals surface area (Å²) in [5.74, 6) is 0.576. The van der Waals surface area contributed by atoms with Crippen LogP contribution in [0.25, 0.3) is 16.7 Å². The fourth-order valence-electron chi connectivity index (χ4n) is 2.72. The summed E-state index contributed by atoms with van der Waals surface area (Å²) in [5.41, 5.74) is 3.93. The van der Waals surface area contributed by atoms with Gasteiger partial charge in [0.25, 0.3) is 0 Å². The first-order valence-electron chi connectivity index (χ1n) is 8.17. The van der Waals surface area contributed by atoms with Crippen molar-refractivity contribution in [2.75, 3.05) is 11.1 Å². The number of aryl methyl sites for hydroxylation is 1. The summed E-state index contributed by atoms with van der Waals surface area (Å²) >= 11 is 1.39. The van der Waals surface area contributed by atoms with Crippen molar-refractivity contribution in [3.8, 4) is 5.69 Å². The summed E-state index contributed by atoms with van der Waals surface area (Å²) in [6.45, 7) is 2.05. The van der Waals surface area contributed by atoms with Gasteiger partial charge in [0.15, 0.2) is 5.16 Å². The zero-order valence-electron chi connectivity index (χ0n) is 14.1. The SMILES string of the molecule is Cc1ccccc1-n1ccnc1SCC(=O)Nc1nc2ccccc2[nH]1. The van der Waals surface area contributed by atoms with Gasteiger partial charge in [0.05, 0.1) is 22.5 Å². The largest absolute Gasteiger partial charge is 0.324 e. The van der Waals surface area contributed by atoms with E-state index >= 15 is 0 Å². The predicted molar refractivity (Wildman–Crippen MR) is 104 cm³/mol. The summed E-state index contributed by atoms with van der Waals surface area (Å²) in [6.07, 6.45) is 3.65. The number of nitrogens with one attached hydrogen (secondary N) is 2. The van der Waals surface area contributed by atoms with E-state index in [4.69, 9.17) is 0 Å². The van der Waals surface area contributed by atoms with Crippen LogP contribution in [0.5, 0.6) is 0 Å². The third-order valence-electron chi connectivity index (χ3n) is 3.96. The van der Waals surface area contributed by atoms with E-state index in [2.05, 4.69) is 33.3 Å². The van der Waals surface area contributed by atoms with Gasteiger partial charge in [0.2, 0.25) is 11.9 Å². The Hall–Kier alpha value is -3.06. The molecule has 0 aliphatic rings. The molecule has 7 heteroatoms. The summed E-state index contributed by atoms with van der Waals surface area (Å²) in [6, 6.07) is 15.7. The second-order valence-corrected chi connectivity index (χ2v) is 6.75. The standard InChI is InChI=1S/C19H17N5OS/c1-13-6-2-5-9-16(13)24-11-10-20-19(24)26-12-17(25)23-18-21-14-7-3-4-8-15(14)22-18/h2-11H,12H2,1H3,(H2,21,22,23,25). The van der Waals surface area contributed by atoms with Gasteiger partial charge in [0.1, 0.15) is 0 Å². The highest BCUT2D eigenvalue weighted by atomic mass is 32.2. The number of thioether (sulfide) groups is 1. The van der Waals surface area contributed by atoms with Crippen molar-refractivity contribution in [1.82, 2.24) is 19.5 Å². The molecule has 0 radical (unpaired) electrons. The van der Waals surface area contributed by atoms with Crippen molar-refractivity contribution in [2.45, 2.75) is 12.1 Å². The van der Waals surface area contributed by atoms with Gasteiger partial charge >= 0.3 is 0 Å². The molecular weight excluding hydrogens is 346 g/mol. The fraction of sp³-hybridized carbons (Fsp3) is 0.105. The van der Waals surface area contributed by atoms with Crippen LogP contribution < -0.4 is 5.32 Å². The number of rotatable bonds is 5. The Morgan fingerprint density at radius 2 is 2.00 bits per heavy atom. The molecule has 0 spiro atoms. The second-order valence-electron chi connectivity index (χ2n) is 5.81. The Kier molecular flexibility index (Phi) is 4.45. The van der Waals surface area contributed by atoms with Gasteiger partial charge in [0, 0.05) is 12.4 Å². The number of nitrogens with zero attached hydrogens (tertiary/aromatic N) is 3. The van der Waals surface area contributed by atoms with Crippen molar-refractivity contribution in [3.05, 3.63) is 66.5 Å². The second kappa shape index (κ2) is 7.05. The first-order chi connectivity index (χ1) is 12.7. The minimum absolute atomic E-state index is 0.131. The van der Waals surface area contributed by atoms with Crippen molar-refractivity contribution < 1.29 is 4.79 Å². The van der Waals surface area contributed by atoms with Crippen molar-refractivity contribution in [3.63, 3.8) is 0 Å². The molecule has 0 saturated carbocycles. The lowest BCUT2D eigenvalue weighted by atomic mass is 10.2. The molecule has 0 aliphatic carbocycles. The van der Waals surface area contributed by atoms with Crippen LogP contribution in [0, 0.1) is 6.92 Å². The maximum absolute atomic E-state index is 12.3. The number of anilines is 1. The number of fused-ring (bicyclic) bond motifs is 1. The van der Waals surface area contributed by atoms with E-state index < -0.39 is 0 Å². The lowest BCUT2D eigenvalue weighted by Crippen LogP contribution is -2.15. The van der Waals surface area contributed by atoms with Crippen LogP contribution in [0.2, 0.25) is 0 Å². The number of hydrogen-bond acceptors (Lipinski definition) is 4. The van der Waals surface area contributed by atoms with Crippen LogP contribution in [0.3, 0.4) is 0 Å². The molecule has 0 aliphatic heterocycles. The summed E-state index contributed by atoms with van der Waals surface area (Å²) in [4.78, 5) is 24.1. The van der Waals surface area contributed by atoms with E-state index in [0.29, 0.717) is 5.95 Å². The normalized spacial score (nSPS) is 11.0. The minimum Gasteiger partial charge on any atom is -0.324 e. The molecule has 2 N–H and O–H groups in total. The summed E-state index contributed by atoms with van der Waals surface area (Å²) in [7, 11) is 0. The number of aromatic nitrogens is 4. The number of amides is 1. The van der Waals surface area contributed by atoms with E-state index in [0.717, 1.165) is 27.4 Å². The zero-order chi connectivity index (χ0) is 17.9. The van der Waals surface area contributed by atoms with E-state index in [1.807, 2.05) is 53.2 Å². The Balaban J connectivity index is 1.44. The number of hydrogen-bond donors (Lipinski definition) is 2. The molecule has 0 unspecified atom stereocenters. The van der Waals surface area contributed by atoms with Crippen LogP contribution >= 0.6 is 11.8 Å². The van der Waals surface area contributed by atoms with Crippen LogP contribution in [0.15, 0.2) is 66.1 Å². The van der Waals surface area contributed by atoms with Gasteiger partial charge in [-0.3, -0.25) is 14.7 Å². The average molecular weight is 363 g/mol. The summed E-state index contributed by atoms with van der Waals surface area (Å²) in [5, 5.41) is 3.58. The first-order valence-corrected chi connectivity index (χ1v) is 9.16. The van der Waals surface area contributed by atoms with Gasteiger partial charge in [-0.1, -0.05) is 42.1 Å². The number of carbonyl (C=O) groups excluding carboxylic acids is 1. The molecule has 0 saturated heterocycles. The van der Waals surface area contributed by atoms with Crippen LogP contribution in [0.1, 0.15) is 5.56 Å². The van der Waals surface area contributed by atoms with Gasteiger partial charge in [-0.2, -0.15) is 0 Å². The fourth-order valence-corrected chi connectivity index (χ4v) is 3.49. The number of carbonyl (C=O) groups is 1. The molecule has 2 aromatic carbocycles. The molecule has 6 nitrogen and oxygen atoms in total. The molecule has 4 aromatic rings. The molecular formula is C19H17N5OS. The third kappa shape index (κ3) is 3.34. The van der Waals surface area contributed by atoms with Crippen LogP contribution in [-0.2, 0) is 4.79 Å². The van der Waals surface area contributed by atoms with Crippen LogP contribution in [0.4, 0.5) is 5.95 Å². The van der Waals surface area contributed by atoms with Crippen molar-refractivity contribution in [2.24, 2.45) is 0 Å². The van der Waals surface area contributed by atoms with Crippen LogP contribution in [-0.4, -0.2) is 31.2 Å². The molecule has 26 heavy (non-hydrogen) atoms. The number of aromatic amines is 1. The van der Waals surface area contributed by atoms with Crippen molar-refractivity contribution in [1.29, 1.82) is 0 Å². The van der Waals surface area contributed by atoms with E-state index in [-0.39, 0.29) is 11.7 Å². The highest BCUT2D eigenvalue weighted by molar-refractivity contribution is 7.99. The molecule has 2 aromatic heterocycles. The van der Waals surface area contributed by atoms with Gasteiger partial charge in [-0.05, 0) is 30.7 Å². The highest BCUT2D eigenvalue weighted by Crippen LogP contribution is 2.22. The Morgan fingerprint density at radius 3 is 2.85 bits per heavy atom. The topological polar surface area (TPSA) is 75.6 Å². The minimum atomic E-state index is -0.131. The molecule has 2 heterocycles. The molecule has 0 bridgehead atoms. The number of benzene rings is 2. The molecule has 4 rings (SSSR count). The smallest absolute Gasteiger partial charge is 0.237 e. The Morgan fingerprint density at radius 1 is 1.19 bits per heavy atom. The molecule has 1 amide bonds. The van der Waals surface area contributed by atoms with E-state index in [9.17, 15) is 4.79 Å². The number of imidazole rings is 2. The maximum Gasteiger partial charge on any atom is 0.237 e. The maximum atomic E-state index is 12.3. The Labute approximate surface area is 154 Å². The third-order valence-corrected chi connectivity index (χ3v) is 4.93. The van der Waals surface area contributed by atoms with E-state index in [1.165, 1.54) is 11.8 Å². The van der Waals surface area contributed by atoms with E-state index in [1.54, 1.807) is 6.20 Å². The molecule has 0 fully saturated rings. The Bertz CT molecular complexity index is 1040. The van der Waals surface area contributed by atoms with Crippen molar-refractivity contribution >= 4 is 34.7 Å². The average Bonchev–Trinajstić information content (AvgIpc) is 3.26. The molecule has 0 atom stereocenters. The molecule has 130 valence electrons. The zero-order valence-corrected chi connectivity index (χ0v) is 15.0. The first kappa shape index (κ1) is 16.4.